The molecule has 0 aromatic heterocycles. The second-order valence-corrected chi connectivity index (χ2v) is 6.69. The maximum Gasteiger partial charge on any atom is 0.139 e. The molecule has 3 rings (SSSR count). The standard InChI is InChI=1S/C19H20BrNO3/c1-23-18-9-15(7-8-17(18)20)19-11-21(16(12-22)13-24-19)10-14-5-3-2-4-6-14/h2-9,12,16,19H,10-11,13H2,1H3/t16?,19-/m1/s1. The zero-order chi connectivity index (χ0) is 16.9. The van der Waals surface area contributed by atoms with Crippen LogP contribution in [0.25, 0.3) is 0 Å². The van der Waals surface area contributed by atoms with Crippen molar-refractivity contribution in [2.75, 3.05) is 20.3 Å². The zero-order valence-electron chi connectivity index (χ0n) is 13.5. The summed E-state index contributed by atoms with van der Waals surface area (Å²) in [5, 5.41) is 0. The highest BCUT2D eigenvalue weighted by Crippen LogP contribution is 2.32. The molecule has 2 aromatic rings. The molecule has 2 aromatic carbocycles. The zero-order valence-corrected chi connectivity index (χ0v) is 15.1. The molecular formula is C19H20BrNO3. The van der Waals surface area contributed by atoms with E-state index in [1.165, 1.54) is 5.56 Å². The summed E-state index contributed by atoms with van der Waals surface area (Å²) in [5.74, 6) is 0.781. The van der Waals surface area contributed by atoms with Gasteiger partial charge in [0.05, 0.1) is 30.3 Å². The highest BCUT2D eigenvalue weighted by molar-refractivity contribution is 9.10. The number of aldehydes is 1. The van der Waals surface area contributed by atoms with Gasteiger partial charge in [-0.3, -0.25) is 4.90 Å². The van der Waals surface area contributed by atoms with Crippen LogP contribution in [-0.2, 0) is 16.1 Å². The summed E-state index contributed by atoms with van der Waals surface area (Å²) in [6.45, 7) is 1.81. The average Bonchev–Trinajstić information content (AvgIpc) is 2.63. The van der Waals surface area contributed by atoms with Crippen LogP contribution >= 0.6 is 15.9 Å². The van der Waals surface area contributed by atoms with Crippen molar-refractivity contribution in [2.45, 2.75) is 18.7 Å². The second kappa shape index (κ2) is 7.92. The Morgan fingerprint density at radius 3 is 2.79 bits per heavy atom. The number of nitrogens with zero attached hydrogens (tertiary/aromatic N) is 1. The lowest BCUT2D eigenvalue weighted by Crippen LogP contribution is -2.47. The van der Waals surface area contributed by atoms with Crippen molar-refractivity contribution in [3.8, 4) is 5.75 Å². The van der Waals surface area contributed by atoms with Crippen LogP contribution in [0.1, 0.15) is 17.2 Å². The molecule has 1 unspecified atom stereocenters. The minimum atomic E-state index is -0.209. The molecule has 1 aliphatic heterocycles. The van der Waals surface area contributed by atoms with Gasteiger partial charge >= 0.3 is 0 Å². The van der Waals surface area contributed by atoms with Gasteiger partial charge in [0.1, 0.15) is 12.0 Å². The Morgan fingerprint density at radius 2 is 2.08 bits per heavy atom. The van der Waals surface area contributed by atoms with Crippen LogP contribution in [0.15, 0.2) is 53.0 Å². The predicted molar refractivity (Wildman–Crippen MR) is 96.1 cm³/mol. The quantitative estimate of drug-likeness (QED) is 0.732. The topological polar surface area (TPSA) is 38.8 Å². The third kappa shape index (κ3) is 3.86. The summed E-state index contributed by atoms with van der Waals surface area (Å²) in [5.41, 5.74) is 2.25. The van der Waals surface area contributed by atoms with Gasteiger partial charge in [-0.2, -0.15) is 0 Å². The molecule has 0 N–H and O–H groups in total. The van der Waals surface area contributed by atoms with Gasteiger partial charge in [0, 0.05) is 13.1 Å². The van der Waals surface area contributed by atoms with Gasteiger partial charge in [0.15, 0.2) is 0 Å². The number of morpholine rings is 1. The monoisotopic (exact) mass is 389 g/mol. The van der Waals surface area contributed by atoms with E-state index in [0.29, 0.717) is 13.2 Å². The molecule has 126 valence electrons. The lowest BCUT2D eigenvalue weighted by atomic mass is 10.0. The first-order valence-electron chi connectivity index (χ1n) is 7.89. The Morgan fingerprint density at radius 1 is 1.29 bits per heavy atom. The first-order chi connectivity index (χ1) is 11.7. The van der Waals surface area contributed by atoms with E-state index in [2.05, 4.69) is 33.0 Å². The van der Waals surface area contributed by atoms with Gasteiger partial charge in [0.25, 0.3) is 0 Å². The van der Waals surface area contributed by atoms with Gasteiger partial charge in [-0.15, -0.1) is 0 Å². The Hall–Kier alpha value is -1.69. The summed E-state index contributed by atoms with van der Waals surface area (Å²) in [6.07, 6.45) is 0.897. The average molecular weight is 390 g/mol. The van der Waals surface area contributed by atoms with Crippen LogP contribution in [0.3, 0.4) is 0 Å². The minimum absolute atomic E-state index is 0.0769. The molecule has 0 bridgehead atoms. The molecule has 5 heteroatoms. The Balaban J connectivity index is 1.78. The smallest absolute Gasteiger partial charge is 0.139 e. The molecule has 0 spiro atoms. The fraction of sp³-hybridized carbons (Fsp3) is 0.316. The van der Waals surface area contributed by atoms with Gasteiger partial charge in [-0.1, -0.05) is 36.4 Å². The Kier molecular flexibility index (Phi) is 5.66. The van der Waals surface area contributed by atoms with Gasteiger partial charge in [0.2, 0.25) is 0 Å². The molecule has 1 aliphatic rings. The van der Waals surface area contributed by atoms with E-state index in [1.807, 2.05) is 36.4 Å². The summed E-state index contributed by atoms with van der Waals surface area (Å²) >= 11 is 3.47. The van der Waals surface area contributed by atoms with Crippen molar-refractivity contribution in [1.29, 1.82) is 0 Å². The molecule has 0 saturated carbocycles. The van der Waals surface area contributed by atoms with Crippen LogP contribution < -0.4 is 4.74 Å². The van der Waals surface area contributed by atoms with Crippen LogP contribution in [0, 0.1) is 0 Å². The van der Waals surface area contributed by atoms with Crippen molar-refractivity contribution in [3.05, 3.63) is 64.1 Å². The summed E-state index contributed by atoms with van der Waals surface area (Å²) < 4.78 is 12.2. The van der Waals surface area contributed by atoms with Crippen molar-refractivity contribution in [2.24, 2.45) is 0 Å². The molecule has 0 radical (unpaired) electrons. The lowest BCUT2D eigenvalue weighted by molar-refractivity contribution is -0.124. The first-order valence-corrected chi connectivity index (χ1v) is 8.69. The first kappa shape index (κ1) is 17.1. The van der Waals surface area contributed by atoms with E-state index in [0.717, 1.165) is 28.6 Å². The SMILES string of the molecule is COc1cc([C@H]2CN(Cc3ccccc3)C(C=O)CO2)ccc1Br. The van der Waals surface area contributed by atoms with Crippen LogP contribution in [0.4, 0.5) is 0 Å². The highest BCUT2D eigenvalue weighted by Gasteiger charge is 2.30. The fourth-order valence-electron chi connectivity index (χ4n) is 2.92. The molecule has 0 aliphatic carbocycles. The largest absolute Gasteiger partial charge is 0.496 e. The number of hydrogen-bond donors (Lipinski definition) is 0. The third-order valence-corrected chi connectivity index (χ3v) is 4.93. The number of carbonyl (C=O) groups is 1. The maximum absolute atomic E-state index is 11.4. The van der Waals surface area contributed by atoms with Crippen molar-refractivity contribution >= 4 is 22.2 Å². The number of carbonyl (C=O) groups excluding carboxylic acids is 1. The molecule has 24 heavy (non-hydrogen) atoms. The number of rotatable bonds is 5. The second-order valence-electron chi connectivity index (χ2n) is 5.83. The van der Waals surface area contributed by atoms with E-state index in [1.54, 1.807) is 7.11 Å². The van der Waals surface area contributed by atoms with Crippen molar-refractivity contribution in [3.63, 3.8) is 0 Å². The number of methoxy groups -OCH3 is 1. The molecule has 0 amide bonds. The van der Waals surface area contributed by atoms with E-state index in [4.69, 9.17) is 9.47 Å². The van der Waals surface area contributed by atoms with Crippen molar-refractivity contribution < 1.29 is 14.3 Å². The Labute approximate surface area is 150 Å². The molecule has 2 atom stereocenters. The van der Waals surface area contributed by atoms with E-state index in [9.17, 15) is 4.79 Å². The fourth-order valence-corrected chi connectivity index (χ4v) is 3.33. The lowest BCUT2D eigenvalue weighted by Gasteiger charge is -2.37. The molecule has 1 heterocycles. The highest BCUT2D eigenvalue weighted by atomic mass is 79.9. The predicted octanol–water partition coefficient (Wildman–Crippen LogP) is 3.60. The van der Waals surface area contributed by atoms with Crippen LogP contribution in [-0.4, -0.2) is 37.5 Å². The number of benzene rings is 2. The van der Waals surface area contributed by atoms with E-state index >= 15 is 0 Å². The number of ether oxygens (including phenoxy) is 2. The molecular weight excluding hydrogens is 370 g/mol. The maximum atomic E-state index is 11.4. The summed E-state index contributed by atoms with van der Waals surface area (Å²) in [4.78, 5) is 13.6. The van der Waals surface area contributed by atoms with Gasteiger partial charge in [-0.05, 0) is 39.2 Å². The van der Waals surface area contributed by atoms with Crippen molar-refractivity contribution in [1.82, 2.24) is 4.90 Å². The minimum Gasteiger partial charge on any atom is -0.496 e. The number of halogens is 1. The molecule has 4 nitrogen and oxygen atoms in total. The molecule has 1 fully saturated rings. The van der Waals surface area contributed by atoms with Gasteiger partial charge in [-0.25, -0.2) is 0 Å². The normalized spacial score (nSPS) is 21.4. The summed E-state index contributed by atoms with van der Waals surface area (Å²) in [7, 11) is 1.65. The third-order valence-electron chi connectivity index (χ3n) is 4.27. The Bertz CT molecular complexity index is 692. The molecule has 1 saturated heterocycles. The van der Waals surface area contributed by atoms with Crippen LogP contribution in [0.5, 0.6) is 5.75 Å². The number of hydrogen-bond acceptors (Lipinski definition) is 4. The summed E-state index contributed by atoms with van der Waals surface area (Å²) in [6, 6.07) is 16.0. The van der Waals surface area contributed by atoms with Gasteiger partial charge < -0.3 is 14.3 Å². The van der Waals surface area contributed by atoms with Crippen LogP contribution in [0.2, 0.25) is 0 Å². The van der Waals surface area contributed by atoms with E-state index < -0.39 is 0 Å². The van der Waals surface area contributed by atoms with E-state index in [-0.39, 0.29) is 12.1 Å².